The van der Waals surface area contributed by atoms with Crippen LogP contribution in [0, 0.1) is 23.7 Å². The highest BCUT2D eigenvalue weighted by Gasteiger charge is 2.52. The van der Waals surface area contributed by atoms with Gasteiger partial charge in [-0.2, -0.15) is 0 Å². The van der Waals surface area contributed by atoms with Crippen LogP contribution < -0.4 is 10.6 Å². The number of amides is 2. The number of fused-ring (bicyclic) bond motifs is 6. The molecule has 1 aromatic rings. The summed E-state index contributed by atoms with van der Waals surface area (Å²) in [7, 11) is 0. The van der Waals surface area contributed by atoms with E-state index in [2.05, 4.69) is 22.8 Å². The van der Waals surface area contributed by atoms with Crippen LogP contribution in [-0.2, 0) is 9.59 Å². The van der Waals surface area contributed by atoms with Gasteiger partial charge in [-0.05, 0) is 30.4 Å². The molecule has 2 aliphatic carbocycles. The summed E-state index contributed by atoms with van der Waals surface area (Å²) >= 11 is 0. The van der Waals surface area contributed by atoms with Crippen molar-refractivity contribution < 1.29 is 9.59 Å². The van der Waals surface area contributed by atoms with E-state index in [1.807, 2.05) is 24.3 Å². The molecule has 96 valence electrons. The molecule has 0 saturated heterocycles. The Balaban J connectivity index is 1.80. The highest BCUT2D eigenvalue weighted by molar-refractivity contribution is 6.06. The molecule has 0 aromatic heterocycles. The highest BCUT2D eigenvalue weighted by atomic mass is 16.2. The van der Waals surface area contributed by atoms with Crippen molar-refractivity contribution in [3.8, 4) is 0 Å². The van der Waals surface area contributed by atoms with Crippen LogP contribution in [0.3, 0.4) is 0 Å². The normalized spacial score (nSPS) is 34.9. The van der Waals surface area contributed by atoms with Gasteiger partial charge in [-0.15, -0.1) is 0 Å². The summed E-state index contributed by atoms with van der Waals surface area (Å²) < 4.78 is 0. The van der Waals surface area contributed by atoms with E-state index in [-0.39, 0.29) is 35.5 Å². The molecule has 4 atom stereocenters. The van der Waals surface area contributed by atoms with Crippen molar-refractivity contribution in [2.45, 2.75) is 6.42 Å². The van der Waals surface area contributed by atoms with Gasteiger partial charge < -0.3 is 10.6 Å². The molecule has 0 unspecified atom stereocenters. The molecule has 1 aliphatic heterocycles. The number of hydrogen-bond donors (Lipinski definition) is 2. The molecule has 1 aromatic carbocycles. The van der Waals surface area contributed by atoms with E-state index in [1.165, 1.54) is 0 Å². The first-order valence-electron chi connectivity index (χ1n) is 6.63. The molecule has 1 saturated carbocycles. The summed E-state index contributed by atoms with van der Waals surface area (Å²) in [6.45, 7) is 0. The number of allylic oxidation sites excluding steroid dienone is 2. The van der Waals surface area contributed by atoms with Crippen molar-refractivity contribution in [3.05, 3.63) is 36.4 Å². The van der Waals surface area contributed by atoms with Gasteiger partial charge in [-0.1, -0.05) is 24.3 Å². The van der Waals surface area contributed by atoms with Gasteiger partial charge in [-0.25, -0.2) is 0 Å². The lowest BCUT2D eigenvalue weighted by molar-refractivity contribution is -0.129. The van der Waals surface area contributed by atoms with E-state index in [0.29, 0.717) is 11.4 Å². The van der Waals surface area contributed by atoms with E-state index >= 15 is 0 Å². The third kappa shape index (κ3) is 1.46. The molecule has 19 heavy (non-hydrogen) atoms. The molecule has 1 heterocycles. The van der Waals surface area contributed by atoms with Crippen molar-refractivity contribution in [1.82, 2.24) is 0 Å². The summed E-state index contributed by atoms with van der Waals surface area (Å²) in [5.41, 5.74) is 1.37. The minimum absolute atomic E-state index is 0.0239. The van der Waals surface area contributed by atoms with Gasteiger partial charge in [0.25, 0.3) is 0 Å². The van der Waals surface area contributed by atoms with Crippen LogP contribution in [0.15, 0.2) is 36.4 Å². The van der Waals surface area contributed by atoms with E-state index < -0.39 is 0 Å². The van der Waals surface area contributed by atoms with Crippen LogP contribution in [0.25, 0.3) is 0 Å². The van der Waals surface area contributed by atoms with Crippen molar-refractivity contribution >= 4 is 23.2 Å². The Morgan fingerprint density at radius 2 is 1.32 bits per heavy atom. The van der Waals surface area contributed by atoms with Gasteiger partial charge in [0.2, 0.25) is 11.8 Å². The second kappa shape index (κ2) is 3.70. The number of carbonyl (C=O) groups is 2. The van der Waals surface area contributed by atoms with Gasteiger partial charge in [0, 0.05) is 0 Å². The molecule has 4 nitrogen and oxygen atoms in total. The molecule has 0 radical (unpaired) electrons. The maximum Gasteiger partial charge on any atom is 0.228 e. The number of para-hydroxylation sites is 2. The van der Waals surface area contributed by atoms with E-state index in [4.69, 9.17) is 0 Å². The average molecular weight is 254 g/mol. The Morgan fingerprint density at radius 1 is 0.842 bits per heavy atom. The lowest BCUT2D eigenvalue weighted by Gasteiger charge is -2.29. The molecule has 4 rings (SSSR count). The third-order valence-corrected chi connectivity index (χ3v) is 4.51. The summed E-state index contributed by atoms with van der Waals surface area (Å²) in [5, 5.41) is 5.90. The van der Waals surface area contributed by atoms with E-state index in [1.54, 1.807) is 0 Å². The topological polar surface area (TPSA) is 58.2 Å². The molecule has 1 fully saturated rings. The molecular weight excluding hydrogens is 240 g/mol. The molecule has 2 N–H and O–H groups in total. The van der Waals surface area contributed by atoms with Crippen molar-refractivity contribution in [1.29, 1.82) is 0 Å². The Labute approximate surface area is 110 Å². The van der Waals surface area contributed by atoms with Crippen LogP contribution >= 0.6 is 0 Å². The third-order valence-electron chi connectivity index (χ3n) is 4.51. The molecule has 3 aliphatic rings. The summed E-state index contributed by atoms with van der Waals surface area (Å²) in [4.78, 5) is 24.8. The fraction of sp³-hybridized carbons (Fsp3) is 0.333. The first-order chi connectivity index (χ1) is 9.24. The average Bonchev–Trinajstić information content (AvgIpc) is 2.99. The van der Waals surface area contributed by atoms with Gasteiger partial charge in [0.1, 0.15) is 0 Å². The van der Waals surface area contributed by atoms with Crippen LogP contribution in [0.2, 0.25) is 0 Å². The first-order valence-corrected chi connectivity index (χ1v) is 6.63. The van der Waals surface area contributed by atoms with Crippen LogP contribution in [-0.4, -0.2) is 11.8 Å². The number of hydrogen-bond acceptors (Lipinski definition) is 2. The quantitative estimate of drug-likeness (QED) is 0.696. The maximum atomic E-state index is 12.4. The van der Waals surface area contributed by atoms with Crippen molar-refractivity contribution in [2.75, 3.05) is 10.6 Å². The summed E-state index contributed by atoms with van der Waals surface area (Å²) in [6.07, 6.45) is 5.10. The van der Waals surface area contributed by atoms with Gasteiger partial charge >= 0.3 is 0 Å². The standard InChI is InChI=1S/C15H14N2O2/c18-14-12-8-5-6-9(7-8)13(12)15(19)17-11-4-2-1-3-10(11)16-14/h1-6,8-9,12-13H,7H2,(H,16,18)(H,17,19)/t8-,9-,12-,13+/m1/s1. The monoisotopic (exact) mass is 254 g/mol. The Hall–Kier alpha value is -2.10. The van der Waals surface area contributed by atoms with Gasteiger partial charge in [0.15, 0.2) is 0 Å². The van der Waals surface area contributed by atoms with Crippen LogP contribution in [0.4, 0.5) is 11.4 Å². The number of benzene rings is 1. The van der Waals surface area contributed by atoms with Crippen LogP contribution in [0.1, 0.15) is 6.42 Å². The number of anilines is 2. The van der Waals surface area contributed by atoms with Crippen molar-refractivity contribution in [2.24, 2.45) is 23.7 Å². The fourth-order valence-corrected chi connectivity index (χ4v) is 3.67. The number of carbonyl (C=O) groups excluding carboxylic acids is 2. The Morgan fingerprint density at radius 3 is 1.79 bits per heavy atom. The van der Waals surface area contributed by atoms with Gasteiger partial charge in [0.05, 0.1) is 23.2 Å². The van der Waals surface area contributed by atoms with E-state index in [9.17, 15) is 9.59 Å². The predicted molar refractivity (Wildman–Crippen MR) is 71.4 cm³/mol. The highest BCUT2D eigenvalue weighted by Crippen LogP contribution is 2.49. The zero-order valence-electron chi connectivity index (χ0n) is 10.3. The maximum absolute atomic E-state index is 12.4. The SMILES string of the molecule is O=C1Nc2ccccc2NC(=O)[C@H]2[C@@H]1[C@@H]1C=C[C@@H]2C1. The second-order valence-electron chi connectivity index (χ2n) is 5.52. The lowest BCUT2D eigenvalue weighted by Crippen LogP contribution is -2.41. The first kappa shape index (κ1) is 10.8. The summed E-state index contributed by atoms with van der Waals surface area (Å²) in [5.74, 6) is -0.0583. The number of nitrogens with one attached hydrogen (secondary N) is 2. The molecule has 4 heteroatoms. The lowest BCUT2D eigenvalue weighted by atomic mass is 9.81. The zero-order chi connectivity index (χ0) is 13.0. The minimum Gasteiger partial charge on any atom is -0.324 e. The van der Waals surface area contributed by atoms with Crippen LogP contribution in [0.5, 0.6) is 0 Å². The van der Waals surface area contributed by atoms with E-state index in [0.717, 1.165) is 6.42 Å². The summed E-state index contributed by atoms with van der Waals surface area (Å²) in [6, 6.07) is 7.34. The second-order valence-corrected chi connectivity index (χ2v) is 5.52. The molecule has 2 bridgehead atoms. The molecular formula is C15H14N2O2. The fourth-order valence-electron chi connectivity index (χ4n) is 3.67. The number of rotatable bonds is 0. The minimum atomic E-state index is -0.219. The zero-order valence-corrected chi connectivity index (χ0v) is 10.3. The predicted octanol–water partition coefficient (Wildman–Crippen LogP) is 2.02. The molecule has 0 spiro atoms. The smallest absolute Gasteiger partial charge is 0.228 e. The van der Waals surface area contributed by atoms with Crippen molar-refractivity contribution in [3.63, 3.8) is 0 Å². The molecule has 2 amide bonds. The largest absolute Gasteiger partial charge is 0.324 e. The van der Waals surface area contributed by atoms with Gasteiger partial charge in [-0.3, -0.25) is 9.59 Å². The Kier molecular flexibility index (Phi) is 2.10. The Bertz CT molecular complexity index is 557.